The van der Waals surface area contributed by atoms with Gasteiger partial charge in [-0.3, -0.25) is 14.6 Å². The number of carbonyl (C=O) groups excluding carboxylic acids is 2. The fourth-order valence-corrected chi connectivity index (χ4v) is 2.11. The van der Waals surface area contributed by atoms with Crippen LogP contribution in [-0.4, -0.2) is 41.9 Å². The molecule has 0 unspecified atom stereocenters. The summed E-state index contributed by atoms with van der Waals surface area (Å²) < 4.78 is 5.19. The lowest BCUT2D eigenvalue weighted by Crippen LogP contribution is -2.37. The second-order valence-electron chi connectivity index (χ2n) is 4.81. The van der Waals surface area contributed by atoms with E-state index >= 15 is 0 Å². The molecule has 6 nitrogen and oxygen atoms in total. The van der Waals surface area contributed by atoms with E-state index in [1.807, 2.05) is 13.0 Å². The average molecular weight is 313 g/mol. The summed E-state index contributed by atoms with van der Waals surface area (Å²) in [5, 5.41) is 2.76. The molecule has 2 rings (SSSR count). The monoisotopic (exact) mass is 313 g/mol. The molecule has 1 heterocycles. The zero-order chi connectivity index (χ0) is 16.7. The highest BCUT2D eigenvalue weighted by Gasteiger charge is 2.18. The van der Waals surface area contributed by atoms with E-state index in [4.69, 9.17) is 4.74 Å². The Balaban J connectivity index is 2.04. The molecule has 0 radical (unpaired) electrons. The second kappa shape index (κ2) is 7.93. The third kappa shape index (κ3) is 4.29. The fourth-order valence-electron chi connectivity index (χ4n) is 2.11. The zero-order valence-electron chi connectivity index (χ0n) is 13.2. The lowest BCUT2D eigenvalue weighted by molar-refractivity contribution is -0.116. The minimum Gasteiger partial charge on any atom is -0.495 e. The van der Waals surface area contributed by atoms with Crippen LogP contribution in [0.1, 0.15) is 17.3 Å². The van der Waals surface area contributed by atoms with E-state index in [1.54, 1.807) is 36.5 Å². The number of nitrogens with one attached hydrogen (secondary N) is 1. The summed E-state index contributed by atoms with van der Waals surface area (Å²) >= 11 is 0. The first-order chi connectivity index (χ1) is 11.2. The maximum Gasteiger partial charge on any atom is 0.255 e. The molecule has 1 N–H and O–H groups in total. The van der Waals surface area contributed by atoms with Gasteiger partial charge in [0.05, 0.1) is 18.4 Å². The molecule has 23 heavy (non-hydrogen) atoms. The normalized spacial score (nSPS) is 10.0. The third-order valence-corrected chi connectivity index (χ3v) is 3.29. The Morgan fingerprint density at radius 1 is 1.22 bits per heavy atom. The van der Waals surface area contributed by atoms with E-state index in [2.05, 4.69) is 10.3 Å². The summed E-state index contributed by atoms with van der Waals surface area (Å²) in [6, 6.07) is 10.5. The van der Waals surface area contributed by atoms with Gasteiger partial charge in [-0.05, 0) is 31.2 Å². The molecule has 0 aliphatic heterocycles. The van der Waals surface area contributed by atoms with Crippen molar-refractivity contribution < 1.29 is 14.3 Å². The van der Waals surface area contributed by atoms with Gasteiger partial charge in [-0.2, -0.15) is 0 Å². The first-order valence-corrected chi connectivity index (χ1v) is 7.28. The van der Waals surface area contributed by atoms with Gasteiger partial charge in [0.2, 0.25) is 5.91 Å². The number of para-hydroxylation sites is 2. The van der Waals surface area contributed by atoms with Crippen LogP contribution in [0.3, 0.4) is 0 Å². The Hall–Kier alpha value is -2.89. The standard InChI is InChI=1S/C17H19N3O3/c1-3-20(17(22)13-7-6-10-18-11-13)12-16(21)19-14-8-4-5-9-15(14)23-2/h4-11H,3,12H2,1-2H3,(H,19,21). The number of carbonyl (C=O) groups is 2. The number of hydrogen-bond acceptors (Lipinski definition) is 4. The Bertz CT molecular complexity index is 674. The number of methoxy groups -OCH3 is 1. The molecule has 6 heteroatoms. The Labute approximate surface area is 135 Å². The van der Waals surface area contributed by atoms with E-state index in [1.165, 1.54) is 18.2 Å². The van der Waals surface area contributed by atoms with Crippen LogP contribution in [0.2, 0.25) is 0 Å². The number of rotatable bonds is 6. The molecule has 120 valence electrons. The highest BCUT2D eigenvalue weighted by atomic mass is 16.5. The van der Waals surface area contributed by atoms with Crippen molar-refractivity contribution in [2.75, 3.05) is 25.5 Å². The van der Waals surface area contributed by atoms with Crippen molar-refractivity contribution in [2.24, 2.45) is 0 Å². The molecule has 0 atom stereocenters. The van der Waals surface area contributed by atoms with Crippen LogP contribution >= 0.6 is 0 Å². The van der Waals surface area contributed by atoms with Gasteiger partial charge >= 0.3 is 0 Å². The molecule has 0 saturated heterocycles. The number of aromatic nitrogens is 1. The number of nitrogens with zero attached hydrogens (tertiary/aromatic N) is 2. The first-order valence-electron chi connectivity index (χ1n) is 7.28. The van der Waals surface area contributed by atoms with Gasteiger partial charge in [0.25, 0.3) is 5.91 Å². The zero-order valence-corrected chi connectivity index (χ0v) is 13.2. The highest BCUT2D eigenvalue weighted by molar-refractivity contribution is 5.99. The Morgan fingerprint density at radius 3 is 2.65 bits per heavy atom. The van der Waals surface area contributed by atoms with E-state index < -0.39 is 0 Å². The van der Waals surface area contributed by atoms with Gasteiger partial charge in [-0.15, -0.1) is 0 Å². The van der Waals surface area contributed by atoms with Gasteiger partial charge in [0, 0.05) is 18.9 Å². The average Bonchev–Trinajstić information content (AvgIpc) is 2.60. The number of hydrogen-bond donors (Lipinski definition) is 1. The lowest BCUT2D eigenvalue weighted by Gasteiger charge is -2.20. The SMILES string of the molecule is CCN(CC(=O)Nc1ccccc1OC)C(=O)c1cccnc1. The van der Waals surface area contributed by atoms with Crippen LogP contribution in [0.4, 0.5) is 5.69 Å². The van der Waals surface area contributed by atoms with Crippen molar-refractivity contribution in [3.63, 3.8) is 0 Å². The van der Waals surface area contributed by atoms with E-state index in [-0.39, 0.29) is 18.4 Å². The molecule has 1 aromatic carbocycles. The molecular formula is C17H19N3O3. The Kier molecular flexibility index (Phi) is 5.68. The molecular weight excluding hydrogens is 294 g/mol. The van der Waals surface area contributed by atoms with Gasteiger partial charge < -0.3 is 15.0 Å². The highest BCUT2D eigenvalue weighted by Crippen LogP contribution is 2.22. The van der Waals surface area contributed by atoms with Crippen LogP contribution < -0.4 is 10.1 Å². The predicted octanol–water partition coefficient (Wildman–Crippen LogP) is 2.19. The molecule has 2 aromatic rings. The number of amides is 2. The fraction of sp³-hybridized carbons (Fsp3) is 0.235. The summed E-state index contributed by atoms with van der Waals surface area (Å²) in [5.41, 5.74) is 1.03. The summed E-state index contributed by atoms with van der Waals surface area (Å²) in [4.78, 5) is 30.0. The molecule has 0 saturated carbocycles. The minimum absolute atomic E-state index is 0.0394. The minimum atomic E-state index is -0.284. The summed E-state index contributed by atoms with van der Waals surface area (Å²) in [5.74, 6) is 0.0619. The van der Waals surface area contributed by atoms with Crippen molar-refractivity contribution in [1.82, 2.24) is 9.88 Å². The van der Waals surface area contributed by atoms with Crippen LogP contribution in [0.25, 0.3) is 0 Å². The maximum atomic E-state index is 12.4. The first kappa shape index (κ1) is 16.5. The van der Waals surface area contributed by atoms with E-state index in [0.717, 1.165) is 0 Å². The van der Waals surface area contributed by atoms with Crippen LogP contribution in [0, 0.1) is 0 Å². The number of pyridine rings is 1. The lowest BCUT2D eigenvalue weighted by atomic mass is 10.2. The number of likely N-dealkylation sites (N-methyl/N-ethyl adjacent to an activating group) is 1. The molecule has 0 fully saturated rings. The second-order valence-corrected chi connectivity index (χ2v) is 4.81. The molecule has 1 aromatic heterocycles. The van der Waals surface area contributed by atoms with Crippen LogP contribution in [0.15, 0.2) is 48.8 Å². The van der Waals surface area contributed by atoms with E-state index in [9.17, 15) is 9.59 Å². The van der Waals surface area contributed by atoms with Crippen LogP contribution in [0.5, 0.6) is 5.75 Å². The van der Waals surface area contributed by atoms with Gasteiger partial charge in [-0.1, -0.05) is 12.1 Å². The number of anilines is 1. The molecule has 0 aliphatic rings. The Morgan fingerprint density at radius 2 is 2.00 bits per heavy atom. The van der Waals surface area contributed by atoms with Crippen LogP contribution in [-0.2, 0) is 4.79 Å². The van der Waals surface area contributed by atoms with Gasteiger partial charge in [0.1, 0.15) is 12.3 Å². The van der Waals surface area contributed by atoms with Crippen molar-refractivity contribution in [2.45, 2.75) is 6.92 Å². The molecule has 0 bridgehead atoms. The topological polar surface area (TPSA) is 71.5 Å². The number of ether oxygens (including phenoxy) is 1. The summed E-state index contributed by atoms with van der Waals surface area (Å²) in [7, 11) is 1.54. The van der Waals surface area contributed by atoms with Gasteiger partial charge in [-0.25, -0.2) is 0 Å². The van der Waals surface area contributed by atoms with Crippen molar-refractivity contribution in [3.8, 4) is 5.75 Å². The molecule has 0 spiro atoms. The van der Waals surface area contributed by atoms with Crippen molar-refractivity contribution in [3.05, 3.63) is 54.4 Å². The van der Waals surface area contributed by atoms with Crippen molar-refractivity contribution >= 4 is 17.5 Å². The quantitative estimate of drug-likeness (QED) is 0.887. The molecule has 0 aliphatic carbocycles. The third-order valence-electron chi connectivity index (χ3n) is 3.29. The van der Waals surface area contributed by atoms with Crippen molar-refractivity contribution in [1.29, 1.82) is 0 Å². The molecule has 2 amide bonds. The maximum absolute atomic E-state index is 12.4. The summed E-state index contributed by atoms with van der Waals surface area (Å²) in [6.07, 6.45) is 3.09. The smallest absolute Gasteiger partial charge is 0.255 e. The van der Waals surface area contributed by atoms with Gasteiger partial charge in [0.15, 0.2) is 0 Å². The predicted molar refractivity (Wildman–Crippen MR) is 87.4 cm³/mol. The number of benzene rings is 1. The largest absolute Gasteiger partial charge is 0.495 e. The van der Waals surface area contributed by atoms with E-state index in [0.29, 0.717) is 23.5 Å². The summed E-state index contributed by atoms with van der Waals surface area (Å²) in [6.45, 7) is 2.21.